The standard InChI is InChI=1S/C49H30N4S/c1-3-14-31(15-4-1)47-50-48(32-16-5-2-6-17-32)52-49(51-47)35-19-13-20-36(28-35)53-42-24-11-9-22-38(42)41-29-33-18-7-8-21-37(33)45(46(41)53)34-26-27-44-40(30-34)39-23-10-12-25-43(39)54-44/h1-30H. The molecule has 8 aromatic carbocycles. The van der Waals surface area contributed by atoms with Crippen molar-refractivity contribution in [3.05, 3.63) is 182 Å². The van der Waals surface area contributed by atoms with E-state index in [2.05, 4.69) is 126 Å². The van der Waals surface area contributed by atoms with Crippen LogP contribution in [0.1, 0.15) is 0 Å². The Bertz CT molecular complexity index is 3160. The van der Waals surface area contributed by atoms with E-state index in [1.165, 1.54) is 58.4 Å². The maximum atomic E-state index is 5.07. The Morgan fingerprint density at radius 1 is 0.370 bits per heavy atom. The van der Waals surface area contributed by atoms with Crippen LogP contribution in [0, 0.1) is 0 Å². The zero-order chi connectivity index (χ0) is 35.6. The molecule has 4 nitrogen and oxygen atoms in total. The lowest BCUT2D eigenvalue weighted by Gasteiger charge is -2.15. The summed E-state index contributed by atoms with van der Waals surface area (Å²) in [5, 5.41) is 7.46. The fraction of sp³-hybridized carbons (Fsp3) is 0. The molecule has 0 unspecified atom stereocenters. The van der Waals surface area contributed by atoms with E-state index in [-0.39, 0.29) is 0 Å². The highest BCUT2D eigenvalue weighted by Crippen LogP contribution is 2.45. The van der Waals surface area contributed by atoms with E-state index in [1.54, 1.807) is 0 Å². The molecule has 0 radical (unpaired) electrons. The molecule has 0 spiro atoms. The zero-order valence-corrected chi connectivity index (χ0v) is 29.8. The van der Waals surface area contributed by atoms with E-state index >= 15 is 0 Å². The molecule has 0 aliphatic carbocycles. The lowest BCUT2D eigenvalue weighted by Crippen LogP contribution is -2.01. The Kier molecular flexibility index (Phi) is 7.00. The van der Waals surface area contributed by atoms with Crippen molar-refractivity contribution in [1.29, 1.82) is 0 Å². The minimum Gasteiger partial charge on any atom is -0.309 e. The molecule has 54 heavy (non-hydrogen) atoms. The van der Waals surface area contributed by atoms with E-state index in [0.717, 1.165) is 27.9 Å². The first-order chi connectivity index (χ1) is 26.8. The van der Waals surface area contributed by atoms with Gasteiger partial charge in [0, 0.05) is 58.9 Å². The van der Waals surface area contributed by atoms with Crippen molar-refractivity contribution in [2.75, 3.05) is 0 Å². The molecule has 11 rings (SSSR count). The molecule has 5 heteroatoms. The normalized spacial score (nSPS) is 11.7. The highest BCUT2D eigenvalue weighted by molar-refractivity contribution is 7.25. The molecule has 3 aromatic heterocycles. The maximum Gasteiger partial charge on any atom is 0.164 e. The van der Waals surface area contributed by atoms with Crippen molar-refractivity contribution in [3.63, 3.8) is 0 Å². The second-order valence-corrected chi connectivity index (χ2v) is 14.7. The third kappa shape index (κ3) is 4.94. The van der Waals surface area contributed by atoms with E-state index < -0.39 is 0 Å². The summed E-state index contributed by atoms with van der Waals surface area (Å²) in [4.78, 5) is 15.1. The Morgan fingerprint density at radius 2 is 0.963 bits per heavy atom. The molecule has 0 saturated carbocycles. The van der Waals surface area contributed by atoms with Crippen molar-refractivity contribution in [2.45, 2.75) is 0 Å². The molecule has 252 valence electrons. The summed E-state index contributed by atoms with van der Waals surface area (Å²) in [7, 11) is 0. The summed E-state index contributed by atoms with van der Waals surface area (Å²) in [6, 6.07) is 64.5. The fourth-order valence-corrected chi connectivity index (χ4v) is 9.04. The van der Waals surface area contributed by atoms with Crippen LogP contribution in [0.15, 0.2) is 182 Å². The van der Waals surface area contributed by atoms with E-state index in [9.17, 15) is 0 Å². The highest BCUT2D eigenvalue weighted by Gasteiger charge is 2.21. The number of aromatic nitrogens is 4. The van der Waals surface area contributed by atoms with Gasteiger partial charge in [0.1, 0.15) is 0 Å². The number of para-hydroxylation sites is 1. The SMILES string of the molecule is c1ccc(-c2nc(-c3ccccc3)nc(-c3cccc(-n4c5ccccc5c5cc6ccccc6c(-c6ccc7sc8ccccc8c7c6)c54)c3)n2)cc1. The van der Waals surface area contributed by atoms with Gasteiger partial charge in [-0.15, -0.1) is 11.3 Å². The summed E-state index contributed by atoms with van der Waals surface area (Å²) < 4.78 is 5.04. The molecule has 0 aliphatic rings. The molecular weight excluding hydrogens is 677 g/mol. The van der Waals surface area contributed by atoms with Gasteiger partial charge >= 0.3 is 0 Å². The lowest BCUT2D eigenvalue weighted by molar-refractivity contribution is 1.07. The molecule has 0 amide bonds. The predicted octanol–water partition coefficient (Wildman–Crippen LogP) is 13.2. The smallest absolute Gasteiger partial charge is 0.164 e. The van der Waals surface area contributed by atoms with Crippen LogP contribution in [0.25, 0.3) is 104 Å². The number of hydrogen-bond acceptors (Lipinski definition) is 4. The third-order valence-corrected chi connectivity index (χ3v) is 11.6. The number of thiophene rings is 1. The van der Waals surface area contributed by atoms with E-state index in [0.29, 0.717) is 17.5 Å². The quantitative estimate of drug-likeness (QED) is 0.179. The van der Waals surface area contributed by atoms with Crippen LogP contribution in [0.4, 0.5) is 0 Å². The van der Waals surface area contributed by atoms with Crippen LogP contribution in [-0.4, -0.2) is 19.5 Å². The minimum absolute atomic E-state index is 0.630. The third-order valence-electron chi connectivity index (χ3n) is 10.4. The van der Waals surface area contributed by atoms with Crippen LogP contribution < -0.4 is 0 Å². The number of nitrogens with zero attached hydrogens (tertiary/aromatic N) is 4. The van der Waals surface area contributed by atoms with E-state index in [4.69, 9.17) is 15.0 Å². The largest absolute Gasteiger partial charge is 0.309 e. The Labute approximate surface area is 315 Å². The first kappa shape index (κ1) is 30.7. The average molecular weight is 707 g/mol. The van der Waals surface area contributed by atoms with Crippen molar-refractivity contribution < 1.29 is 0 Å². The van der Waals surface area contributed by atoms with Gasteiger partial charge in [-0.2, -0.15) is 0 Å². The van der Waals surface area contributed by atoms with Crippen LogP contribution in [-0.2, 0) is 0 Å². The zero-order valence-electron chi connectivity index (χ0n) is 29.0. The highest BCUT2D eigenvalue weighted by atomic mass is 32.1. The summed E-state index contributed by atoms with van der Waals surface area (Å²) in [5.74, 6) is 1.92. The Balaban J connectivity index is 1.19. The molecule has 0 bridgehead atoms. The van der Waals surface area contributed by atoms with Gasteiger partial charge in [-0.1, -0.05) is 140 Å². The molecule has 0 N–H and O–H groups in total. The van der Waals surface area contributed by atoms with E-state index in [1.807, 2.05) is 72.0 Å². The minimum atomic E-state index is 0.630. The fourth-order valence-electron chi connectivity index (χ4n) is 7.95. The predicted molar refractivity (Wildman–Crippen MR) is 226 cm³/mol. The van der Waals surface area contributed by atoms with Crippen LogP contribution in [0.2, 0.25) is 0 Å². The van der Waals surface area contributed by atoms with Gasteiger partial charge < -0.3 is 4.57 Å². The maximum absolute atomic E-state index is 5.07. The van der Waals surface area contributed by atoms with Gasteiger partial charge in [-0.05, 0) is 58.8 Å². The van der Waals surface area contributed by atoms with Gasteiger partial charge in [-0.25, -0.2) is 15.0 Å². The first-order valence-corrected chi connectivity index (χ1v) is 18.9. The molecule has 3 heterocycles. The summed E-state index contributed by atoms with van der Waals surface area (Å²) >= 11 is 1.85. The van der Waals surface area contributed by atoms with Gasteiger partial charge in [0.2, 0.25) is 0 Å². The van der Waals surface area contributed by atoms with Crippen LogP contribution in [0.5, 0.6) is 0 Å². The van der Waals surface area contributed by atoms with Crippen LogP contribution >= 0.6 is 11.3 Å². The summed E-state index contributed by atoms with van der Waals surface area (Å²) in [6.45, 7) is 0. The monoisotopic (exact) mass is 706 g/mol. The van der Waals surface area contributed by atoms with Crippen LogP contribution in [0.3, 0.4) is 0 Å². The molecule has 0 saturated heterocycles. The molecular formula is C49H30N4S. The number of fused-ring (bicyclic) bond motifs is 7. The number of hydrogen-bond donors (Lipinski definition) is 0. The average Bonchev–Trinajstić information content (AvgIpc) is 3.78. The first-order valence-electron chi connectivity index (χ1n) is 18.1. The number of rotatable bonds is 5. The van der Waals surface area contributed by atoms with Gasteiger partial charge in [-0.3, -0.25) is 0 Å². The second kappa shape index (κ2) is 12.3. The van der Waals surface area contributed by atoms with Gasteiger partial charge in [0.15, 0.2) is 17.5 Å². The van der Waals surface area contributed by atoms with Gasteiger partial charge in [0.25, 0.3) is 0 Å². The van der Waals surface area contributed by atoms with Crippen molar-refractivity contribution >= 4 is 64.1 Å². The van der Waals surface area contributed by atoms with Gasteiger partial charge in [0.05, 0.1) is 11.0 Å². The van der Waals surface area contributed by atoms with Crippen molar-refractivity contribution in [3.8, 4) is 51.0 Å². The lowest BCUT2D eigenvalue weighted by atomic mass is 9.94. The molecule has 11 aromatic rings. The Morgan fingerprint density at radius 3 is 1.72 bits per heavy atom. The second-order valence-electron chi connectivity index (χ2n) is 13.6. The van der Waals surface area contributed by atoms with Crippen molar-refractivity contribution in [1.82, 2.24) is 19.5 Å². The van der Waals surface area contributed by atoms with Crippen molar-refractivity contribution in [2.24, 2.45) is 0 Å². The summed E-state index contributed by atoms with van der Waals surface area (Å²) in [6.07, 6.45) is 0. The molecule has 0 fully saturated rings. The Hall–Kier alpha value is -6.95. The topological polar surface area (TPSA) is 43.6 Å². The molecule has 0 atom stereocenters. The summed E-state index contributed by atoms with van der Waals surface area (Å²) in [5.41, 5.74) is 8.60. The molecule has 0 aliphatic heterocycles. The number of benzene rings is 8.